The van der Waals surface area contributed by atoms with E-state index in [1.54, 1.807) is 25.3 Å². The van der Waals surface area contributed by atoms with Crippen LogP contribution in [0, 0.1) is 6.92 Å². The highest BCUT2D eigenvalue weighted by molar-refractivity contribution is 5.93. The topological polar surface area (TPSA) is 53.9 Å². The van der Waals surface area contributed by atoms with Gasteiger partial charge in [0.2, 0.25) is 0 Å². The van der Waals surface area contributed by atoms with E-state index in [1.807, 2.05) is 13.0 Å². The second kappa shape index (κ2) is 6.40. The number of hydrogen-bond acceptors (Lipinski definition) is 4. The van der Waals surface area contributed by atoms with Gasteiger partial charge in [0.05, 0.1) is 24.0 Å². The summed E-state index contributed by atoms with van der Waals surface area (Å²) < 4.78 is 40.8. The second-order valence-electron chi connectivity index (χ2n) is 5.82. The standard InChI is InChI=1S/C18H17F3N2O2/c1-10-9-14(12-3-5-13(6-4-12)25-18(19,20)21)16-17(15(10)11(2)24)23-8-7-22-16/h3-6,8-9,11,22,24H,7H2,1-2H3. The molecule has 0 amide bonds. The predicted molar refractivity (Wildman–Crippen MR) is 90.6 cm³/mol. The quantitative estimate of drug-likeness (QED) is 0.840. The number of aliphatic hydroxyl groups is 1. The summed E-state index contributed by atoms with van der Waals surface area (Å²) >= 11 is 0. The van der Waals surface area contributed by atoms with Crippen LogP contribution in [0.2, 0.25) is 0 Å². The number of hydrogen-bond donors (Lipinski definition) is 2. The molecule has 2 aromatic carbocycles. The Labute approximate surface area is 143 Å². The summed E-state index contributed by atoms with van der Waals surface area (Å²) in [5, 5.41) is 13.3. The molecule has 2 aromatic rings. The van der Waals surface area contributed by atoms with Crippen LogP contribution in [0.4, 0.5) is 24.5 Å². The lowest BCUT2D eigenvalue weighted by molar-refractivity contribution is -0.274. The zero-order valence-corrected chi connectivity index (χ0v) is 13.7. The van der Waals surface area contributed by atoms with Gasteiger partial charge in [0.15, 0.2) is 0 Å². The molecule has 0 bridgehead atoms. The molecule has 132 valence electrons. The van der Waals surface area contributed by atoms with Gasteiger partial charge in [-0.05, 0) is 43.2 Å². The molecule has 0 saturated heterocycles. The van der Waals surface area contributed by atoms with E-state index in [4.69, 9.17) is 0 Å². The average molecular weight is 350 g/mol. The van der Waals surface area contributed by atoms with Gasteiger partial charge in [-0.2, -0.15) is 0 Å². The van der Waals surface area contributed by atoms with Crippen molar-refractivity contribution in [1.29, 1.82) is 0 Å². The Bertz CT molecular complexity index is 813. The van der Waals surface area contributed by atoms with Crippen LogP contribution in [0.1, 0.15) is 24.2 Å². The number of halogens is 3. The lowest BCUT2D eigenvalue weighted by atomic mass is 9.93. The summed E-state index contributed by atoms with van der Waals surface area (Å²) in [4.78, 5) is 4.41. The van der Waals surface area contributed by atoms with Gasteiger partial charge in [0.1, 0.15) is 5.75 Å². The molecule has 0 radical (unpaired) electrons. The highest BCUT2D eigenvalue weighted by Gasteiger charge is 2.31. The number of fused-ring (bicyclic) bond motifs is 1. The van der Waals surface area contributed by atoms with Crippen LogP contribution in [0.5, 0.6) is 5.75 Å². The first-order chi connectivity index (χ1) is 11.8. The zero-order chi connectivity index (χ0) is 18.2. The monoisotopic (exact) mass is 350 g/mol. The first kappa shape index (κ1) is 17.3. The smallest absolute Gasteiger partial charge is 0.406 e. The third-order valence-electron chi connectivity index (χ3n) is 3.95. The summed E-state index contributed by atoms with van der Waals surface area (Å²) in [6, 6.07) is 7.59. The SMILES string of the molecule is Cc1cc(-c2ccc(OC(F)(F)F)cc2)c2c(c1C(C)O)N=CCN2. The molecule has 0 fully saturated rings. The molecule has 0 aliphatic carbocycles. The van der Waals surface area contributed by atoms with Crippen LogP contribution in [-0.4, -0.2) is 24.2 Å². The van der Waals surface area contributed by atoms with Gasteiger partial charge >= 0.3 is 6.36 Å². The number of nitrogens with one attached hydrogen (secondary N) is 1. The Morgan fingerprint density at radius 1 is 1.24 bits per heavy atom. The Hall–Kier alpha value is -2.54. The lowest BCUT2D eigenvalue weighted by Crippen LogP contribution is -2.17. The number of anilines is 1. The largest absolute Gasteiger partial charge is 0.573 e. The maximum absolute atomic E-state index is 12.3. The maximum Gasteiger partial charge on any atom is 0.573 e. The summed E-state index contributed by atoms with van der Waals surface area (Å²) in [7, 11) is 0. The zero-order valence-electron chi connectivity index (χ0n) is 13.7. The molecule has 1 aliphatic heterocycles. The summed E-state index contributed by atoms with van der Waals surface area (Å²) in [6.45, 7) is 4.09. The molecule has 1 unspecified atom stereocenters. The van der Waals surface area contributed by atoms with Crippen molar-refractivity contribution in [1.82, 2.24) is 0 Å². The van der Waals surface area contributed by atoms with E-state index in [9.17, 15) is 18.3 Å². The van der Waals surface area contributed by atoms with E-state index in [-0.39, 0.29) is 5.75 Å². The van der Waals surface area contributed by atoms with Gasteiger partial charge in [-0.3, -0.25) is 4.99 Å². The molecule has 2 N–H and O–H groups in total. The van der Waals surface area contributed by atoms with Gasteiger partial charge in [0, 0.05) is 17.3 Å². The average Bonchev–Trinajstić information content (AvgIpc) is 2.53. The number of nitrogens with zero attached hydrogens (tertiary/aromatic N) is 1. The first-order valence-corrected chi connectivity index (χ1v) is 7.74. The van der Waals surface area contributed by atoms with Gasteiger partial charge in [-0.1, -0.05) is 12.1 Å². The Kier molecular flexibility index (Phi) is 4.43. The molecule has 1 atom stereocenters. The van der Waals surface area contributed by atoms with Crippen molar-refractivity contribution in [3.63, 3.8) is 0 Å². The first-order valence-electron chi connectivity index (χ1n) is 7.74. The minimum absolute atomic E-state index is 0.270. The van der Waals surface area contributed by atoms with Crippen LogP contribution in [0.25, 0.3) is 11.1 Å². The van der Waals surface area contributed by atoms with Crippen molar-refractivity contribution in [2.24, 2.45) is 4.99 Å². The fourth-order valence-electron chi connectivity index (χ4n) is 3.00. The normalized spacial score (nSPS) is 14.6. The van der Waals surface area contributed by atoms with Crippen molar-refractivity contribution in [2.75, 3.05) is 11.9 Å². The summed E-state index contributed by atoms with van der Waals surface area (Å²) in [6.07, 6.45) is -3.67. The lowest BCUT2D eigenvalue weighted by Gasteiger charge is -2.23. The number of aliphatic hydroxyl groups excluding tert-OH is 1. The molecule has 1 heterocycles. The highest BCUT2D eigenvalue weighted by Crippen LogP contribution is 2.44. The van der Waals surface area contributed by atoms with Crippen molar-refractivity contribution in [3.05, 3.63) is 41.5 Å². The van der Waals surface area contributed by atoms with E-state index in [0.717, 1.165) is 27.9 Å². The van der Waals surface area contributed by atoms with E-state index in [2.05, 4.69) is 15.0 Å². The van der Waals surface area contributed by atoms with Crippen molar-refractivity contribution in [3.8, 4) is 16.9 Å². The van der Waals surface area contributed by atoms with Gasteiger partial charge in [-0.15, -0.1) is 13.2 Å². The molecule has 4 nitrogen and oxygen atoms in total. The van der Waals surface area contributed by atoms with Gasteiger partial charge in [0.25, 0.3) is 0 Å². The third-order valence-corrected chi connectivity index (χ3v) is 3.95. The molecule has 3 rings (SSSR count). The minimum Gasteiger partial charge on any atom is -0.406 e. The Morgan fingerprint density at radius 2 is 1.92 bits per heavy atom. The van der Waals surface area contributed by atoms with Gasteiger partial charge < -0.3 is 15.2 Å². The molecular formula is C18H17F3N2O2. The Morgan fingerprint density at radius 3 is 2.52 bits per heavy atom. The second-order valence-corrected chi connectivity index (χ2v) is 5.82. The van der Waals surface area contributed by atoms with E-state index in [1.165, 1.54) is 12.1 Å². The molecule has 0 saturated carbocycles. The van der Waals surface area contributed by atoms with Crippen molar-refractivity contribution in [2.45, 2.75) is 26.3 Å². The fourth-order valence-corrected chi connectivity index (χ4v) is 3.00. The number of rotatable bonds is 3. The summed E-state index contributed by atoms with van der Waals surface area (Å²) in [5.41, 5.74) is 4.56. The van der Waals surface area contributed by atoms with Crippen LogP contribution in [-0.2, 0) is 0 Å². The van der Waals surface area contributed by atoms with Crippen molar-refractivity contribution >= 4 is 17.6 Å². The molecular weight excluding hydrogens is 333 g/mol. The van der Waals surface area contributed by atoms with E-state index >= 15 is 0 Å². The predicted octanol–water partition coefficient (Wildman–Crippen LogP) is 4.74. The number of aliphatic imine (C=N–C) groups is 1. The highest BCUT2D eigenvalue weighted by atomic mass is 19.4. The molecule has 7 heteroatoms. The van der Waals surface area contributed by atoms with Crippen LogP contribution in [0.3, 0.4) is 0 Å². The van der Waals surface area contributed by atoms with Crippen LogP contribution in [0.15, 0.2) is 35.3 Å². The van der Waals surface area contributed by atoms with E-state index < -0.39 is 12.5 Å². The Balaban J connectivity index is 2.06. The van der Waals surface area contributed by atoms with Crippen LogP contribution >= 0.6 is 0 Å². The number of benzene rings is 2. The minimum atomic E-state index is -4.72. The third kappa shape index (κ3) is 3.61. The van der Waals surface area contributed by atoms with Crippen molar-refractivity contribution < 1.29 is 23.0 Å². The molecule has 1 aliphatic rings. The molecule has 0 aromatic heterocycles. The maximum atomic E-state index is 12.3. The molecule has 25 heavy (non-hydrogen) atoms. The van der Waals surface area contributed by atoms with E-state index in [0.29, 0.717) is 12.2 Å². The number of alkyl halides is 3. The number of aryl methyl sites for hydroxylation is 1. The fraction of sp³-hybridized carbons (Fsp3) is 0.278. The summed E-state index contributed by atoms with van der Waals surface area (Å²) in [5.74, 6) is -0.270. The molecule has 0 spiro atoms. The number of ether oxygens (including phenoxy) is 1. The van der Waals surface area contributed by atoms with Gasteiger partial charge in [-0.25, -0.2) is 0 Å². The van der Waals surface area contributed by atoms with Crippen LogP contribution < -0.4 is 10.1 Å².